The average molecular weight is 282 g/mol. The summed E-state index contributed by atoms with van der Waals surface area (Å²) in [5.41, 5.74) is 3.51. The summed E-state index contributed by atoms with van der Waals surface area (Å²) in [5, 5.41) is 3.58. The van der Waals surface area contributed by atoms with E-state index < -0.39 is 0 Å². The highest BCUT2D eigenvalue weighted by atomic mass is 19.1. The number of carbonyl (C=O) groups is 1. The number of aromatic amines is 1. The van der Waals surface area contributed by atoms with Crippen LogP contribution >= 0.6 is 0 Å². The zero-order chi connectivity index (χ0) is 14.8. The molecule has 3 rings (SSSR count). The predicted octanol–water partition coefficient (Wildman–Crippen LogP) is 3.80. The van der Waals surface area contributed by atoms with Gasteiger partial charge in [0.05, 0.1) is 6.42 Å². The summed E-state index contributed by atoms with van der Waals surface area (Å²) >= 11 is 0. The molecule has 0 radical (unpaired) electrons. The van der Waals surface area contributed by atoms with Gasteiger partial charge in [0, 0.05) is 22.8 Å². The number of rotatable bonds is 3. The Hall–Kier alpha value is -2.62. The van der Waals surface area contributed by atoms with Gasteiger partial charge in [0.15, 0.2) is 0 Å². The van der Waals surface area contributed by atoms with Crippen LogP contribution in [0.15, 0.2) is 48.7 Å². The van der Waals surface area contributed by atoms with Crippen molar-refractivity contribution in [3.05, 3.63) is 65.6 Å². The van der Waals surface area contributed by atoms with Crippen molar-refractivity contribution in [1.82, 2.24) is 4.98 Å². The van der Waals surface area contributed by atoms with Crippen molar-refractivity contribution >= 4 is 22.5 Å². The van der Waals surface area contributed by atoms with Crippen LogP contribution in [0, 0.1) is 12.7 Å². The molecule has 1 heterocycles. The first kappa shape index (κ1) is 13.4. The number of amides is 1. The van der Waals surface area contributed by atoms with Crippen molar-refractivity contribution in [2.45, 2.75) is 13.3 Å². The molecule has 106 valence electrons. The van der Waals surface area contributed by atoms with Gasteiger partial charge in [-0.2, -0.15) is 0 Å². The molecule has 3 aromatic rings. The predicted molar refractivity (Wildman–Crippen MR) is 81.8 cm³/mol. The maximum atomic E-state index is 13.3. The molecule has 0 saturated carbocycles. The van der Waals surface area contributed by atoms with Crippen molar-refractivity contribution in [2.75, 3.05) is 5.32 Å². The number of fused-ring (bicyclic) bond motifs is 1. The summed E-state index contributed by atoms with van der Waals surface area (Å²) in [7, 11) is 0. The third kappa shape index (κ3) is 2.94. The van der Waals surface area contributed by atoms with E-state index in [1.807, 2.05) is 31.2 Å². The van der Waals surface area contributed by atoms with E-state index >= 15 is 0 Å². The van der Waals surface area contributed by atoms with E-state index in [-0.39, 0.29) is 18.1 Å². The Bertz CT molecular complexity index is 790. The highest BCUT2D eigenvalue weighted by molar-refractivity contribution is 5.95. The number of halogens is 1. The van der Waals surface area contributed by atoms with E-state index in [1.165, 1.54) is 12.1 Å². The Balaban J connectivity index is 1.77. The monoisotopic (exact) mass is 282 g/mol. The molecule has 0 aliphatic heterocycles. The van der Waals surface area contributed by atoms with Crippen molar-refractivity contribution in [3.63, 3.8) is 0 Å². The lowest BCUT2D eigenvalue weighted by molar-refractivity contribution is -0.115. The van der Waals surface area contributed by atoms with Crippen LogP contribution in [0.5, 0.6) is 0 Å². The van der Waals surface area contributed by atoms with Crippen LogP contribution in [0.25, 0.3) is 10.9 Å². The summed E-state index contributed by atoms with van der Waals surface area (Å²) in [6.45, 7) is 1.99. The minimum Gasteiger partial charge on any atom is -0.361 e. The zero-order valence-electron chi connectivity index (χ0n) is 11.6. The minimum absolute atomic E-state index is 0.121. The number of carbonyl (C=O) groups excluding carboxylic acids is 1. The fraction of sp³-hybridized carbons (Fsp3) is 0.118. The molecule has 0 unspecified atom stereocenters. The molecule has 1 aromatic heterocycles. The summed E-state index contributed by atoms with van der Waals surface area (Å²) in [6.07, 6.45) is 1.95. The topological polar surface area (TPSA) is 44.9 Å². The molecule has 0 fully saturated rings. The molecule has 2 aromatic carbocycles. The van der Waals surface area contributed by atoms with Gasteiger partial charge in [0.1, 0.15) is 5.82 Å². The number of nitrogens with one attached hydrogen (secondary N) is 2. The number of benzene rings is 2. The molecule has 3 nitrogen and oxygen atoms in total. The largest absolute Gasteiger partial charge is 0.361 e. The second kappa shape index (κ2) is 5.40. The SMILES string of the molecule is Cc1ccc(NC(=O)Cc2c[nH]c3ccc(F)cc23)cc1. The summed E-state index contributed by atoms with van der Waals surface area (Å²) < 4.78 is 13.3. The van der Waals surface area contributed by atoms with Gasteiger partial charge in [-0.25, -0.2) is 4.39 Å². The highest BCUT2D eigenvalue weighted by Gasteiger charge is 2.09. The number of aromatic nitrogens is 1. The Morgan fingerprint density at radius 2 is 1.95 bits per heavy atom. The first-order valence-corrected chi connectivity index (χ1v) is 6.74. The van der Waals surface area contributed by atoms with Crippen LogP contribution in [-0.2, 0) is 11.2 Å². The van der Waals surface area contributed by atoms with Gasteiger partial charge in [-0.05, 0) is 42.8 Å². The van der Waals surface area contributed by atoms with Crippen LogP contribution < -0.4 is 5.32 Å². The fourth-order valence-corrected chi connectivity index (χ4v) is 2.31. The third-order valence-electron chi connectivity index (χ3n) is 3.42. The standard InChI is InChI=1S/C17H15FN2O/c1-11-2-5-14(6-3-11)20-17(21)8-12-10-19-16-7-4-13(18)9-15(12)16/h2-7,9-10,19H,8H2,1H3,(H,20,21). The maximum Gasteiger partial charge on any atom is 0.228 e. The van der Waals surface area contributed by atoms with E-state index in [2.05, 4.69) is 10.3 Å². The lowest BCUT2D eigenvalue weighted by Crippen LogP contribution is -2.14. The lowest BCUT2D eigenvalue weighted by Gasteiger charge is -2.05. The second-order valence-corrected chi connectivity index (χ2v) is 5.09. The first-order chi connectivity index (χ1) is 10.1. The molecule has 0 aliphatic carbocycles. The van der Waals surface area contributed by atoms with Crippen LogP contribution in [0.3, 0.4) is 0 Å². The van der Waals surface area contributed by atoms with Gasteiger partial charge in [-0.15, -0.1) is 0 Å². The van der Waals surface area contributed by atoms with Crippen molar-refractivity contribution in [1.29, 1.82) is 0 Å². The Morgan fingerprint density at radius 3 is 2.71 bits per heavy atom. The van der Waals surface area contributed by atoms with Gasteiger partial charge < -0.3 is 10.3 Å². The zero-order valence-corrected chi connectivity index (χ0v) is 11.6. The maximum absolute atomic E-state index is 13.3. The molecule has 4 heteroatoms. The molecule has 0 bridgehead atoms. The van der Waals surface area contributed by atoms with Gasteiger partial charge in [0.2, 0.25) is 5.91 Å². The van der Waals surface area contributed by atoms with E-state index in [1.54, 1.807) is 12.3 Å². The molecule has 1 amide bonds. The Morgan fingerprint density at radius 1 is 1.19 bits per heavy atom. The van der Waals surface area contributed by atoms with Crippen molar-refractivity contribution < 1.29 is 9.18 Å². The number of hydrogen-bond acceptors (Lipinski definition) is 1. The van der Waals surface area contributed by atoms with E-state index in [4.69, 9.17) is 0 Å². The van der Waals surface area contributed by atoms with Gasteiger partial charge >= 0.3 is 0 Å². The van der Waals surface area contributed by atoms with Crippen LogP contribution in [0.1, 0.15) is 11.1 Å². The normalized spacial score (nSPS) is 10.8. The van der Waals surface area contributed by atoms with E-state index in [0.29, 0.717) is 0 Å². The quantitative estimate of drug-likeness (QED) is 0.754. The molecule has 0 aliphatic rings. The molecule has 0 atom stereocenters. The molecule has 0 spiro atoms. The summed E-state index contributed by atoms with van der Waals surface area (Å²) in [5.74, 6) is -0.425. The van der Waals surface area contributed by atoms with E-state index in [0.717, 1.165) is 27.7 Å². The number of hydrogen-bond donors (Lipinski definition) is 2. The van der Waals surface area contributed by atoms with Crippen molar-refractivity contribution in [3.8, 4) is 0 Å². The first-order valence-electron chi connectivity index (χ1n) is 6.74. The van der Waals surface area contributed by atoms with Crippen LogP contribution in [0.4, 0.5) is 10.1 Å². The third-order valence-corrected chi connectivity index (χ3v) is 3.42. The molecular formula is C17H15FN2O. The Kier molecular flexibility index (Phi) is 3.44. The molecule has 2 N–H and O–H groups in total. The van der Waals surface area contributed by atoms with Gasteiger partial charge in [-0.3, -0.25) is 4.79 Å². The molecular weight excluding hydrogens is 267 g/mol. The summed E-state index contributed by atoms with van der Waals surface area (Å²) in [6, 6.07) is 12.1. The number of anilines is 1. The number of aryl methyl sites for hydroxylation is 1. The minimum atomic E-state index is -0.303. The fourth-order valence-electron chi connectivity index (χ4n) is 2.31. The van der Waals surface area contributed by atoms with Crippen LogP contribution in [0.2, 0.25) is 0 Å². The smallest absolute Gasteiger partial charge is 0.228 e. The van der Waals surface area contributed by atoms with Crippen LogP contribution in [-0.4, -0.2) is 10.9 Å². The molecule has 0 saturated heterocycles. The average Bonchev–Trinajstić information content (AvgIpc) is 2.84. The van der Waals surface area contributed by atoms with Gasteiger partial charge in [-0.1, -0.05) is 17.7 Å². The summed E-state index contributed by atoms with van der Waals surface area (Å²) in [4.78, 5) is 15.1. The second-order valence-electron chi connectivity index (χ2n) is 5.09. The Labute approximate surface area is 121 Å². The van der Waals surface area contributed by atoms with E-state index in [9.17, 15) is 9.18 Å². The number of H-pyrrole nitrogens is 1. The van der Waals surface area contributed by atoms with Gasteiger partial charge in [0.25, 0.3) is 0 Å². The highest BCUT2D eigenvalue weighted by Crippen LogP contribution is 2.20. The molecule has 21 heavy (non-hydrogen) atoms. The van der Waals surface area contributed by atoms with Crippen molar-refractivity contribution in [2.24, 2.45) is 0 Å². The lowest BCUT2D eigenvalue weighted by atomic mass is 10.1.